The maximum absolute atomic E-state index is 12.4. The quantitative estimate of drug-likeness (QED) is 0.848. The van der Waals surface area contributed by atoms with Crippen LogP contribution in [0.15, 0.2) is 24.3 Å². The highest BCUT2D eigenvalue weighted by Crippen LogP contribution is 2.29. The zero-order chi connectivity index (χ0) is 18.4. The molecule has 1 saturated carbocycles. The van der Waals surface area contributed by atoms with Gasteiger partial charge in [-0.05, 0) is 37.8 Å². The first-order chi connectivity index (χ1) is 12.7. The van der Waals surface area contributed by atoms with Crippen molar-refractivity contribution in [1.82, 2.24) is 10.2 Å². The third kappa shape index (κ3) is 4.91. The van der Waals surface area contributed by atoms with E-state index >= 15 is 0 Å². The Morgan fingerprint density at radius 1 is 1.15 bits per heavy atom. The minimum atomic E-state index is 0.187. The van der Waals surface area contributed by atoms with Crippen molar-refractivity contribution in [2.45, 2.75) is 45.6 Å². The van der Waals surface area contributed by atoms with Gasteiger partial charge in [0, 0.05) is 32.2 Å². The Morgan fingerprint density at radius 3 is 2.62 bits per heavy atom. The van der Waals surface area contributed by atoms with E-state index in [4.69, 9.17) is 4.74 Å². The average Bonchev–Trinajstić information content (AvgIpc) is 2.65. The van der Waals surface area contributed by atoms with Gasteiger partial charge >= 0.3 is 0 Å². The summed E-state index contributed by atoms with van der Waals surface area (Å²) in [6, 6.07) is 8.60. The van der Waals surface area contributed by atoms with E-state index in [0.717, 1.165) is 44.0 Å². The number of carbonyl (C=O) groups excluding carboxylic acids is 1. The van der Waals surface area contributed by atoms with Crippen LogP contribution in [0.25, 0.3) is 0 Å². The fourth-order valence-electron chi connectivity index (χ4n) is 4.13. The molecule has 5 heteroatoms. The Labute approximate surface area is 157 Å². The molecule has 3 rings (SSSR count). The molecule has 1 aromatic carbocycles. The number of amides is 1. The van der Waals surface area contributed by atoms with Gasteiger partial charge in [-0.2, -0.15) is 0 Å². The molecule has 0 unspecified atom stereocenters. The molecule has 2 fully saturated rings. The van der Waals surface area contributed by atoms with Crippen LogP contribution in [0.1, 0.15) is 39.5 Å². The van der Waals surface area contributed by atoms with E-state index in [1.54, 1.807) is 0 Å². The SMILES string of the molecule is CCOc1ccccc1N1CCN(CC(=O)N[C@@H]2CCCC[C@H]2C)CC1. The summed E-state index contributed by atoms with van der Waals surface area (Å²) in [7, 11) is 0. The van der Waals surface area contributed by atoms with E-state index in [2.05, 4.69) is 34.2 Å². The van der Waals surface area contributed by atoms with Crippen LogP contribution >= 0.6 is 0 Å². The van der Waals surface area contributed by atoms with Gasteiger partial charge in [0.15, 0.2) is 0 Å². The first kappa shape index (κ1) is 19.0. The molecule has 0 radical (unpaired) electrons. The van der Waals surface area contributed by atoms with Crippen LogP contribution in [0.2, 0.25) is 0 Å². The summed E-state index contributed by atoms with van der Waals surface area (Å²) in [5, 5.41) is 3.27. The highest BCUT2D eigenvalue weighted by molar-refractivity contribution is 5.78. The van der Waals surface area contributed by atoms with Crippen molar-refractivity contribution in [2.24, 2.45) is 5.92 Å². The average molecular weight is 360 g/mol. The number of para-hydroxylation sites is 2. The molecular weight excluding hydrogens is 326 g/mol. The number of carbonyl (C=O) groups is 1. The normalized spacial score (nSPS) is 24.3. The number of piperazine rings is 1. The summed E-state index contributed by atoms with van der Waals surface area (Å²) in [5.41, 5.74) is 1.16. The zero-order valence-electron chi connectivity index (χ0n) is 16.2. The number of nitrogens with zero attached hydrogens (tertiary/aromatic N) is 2. The molecule has 144 valence electrons. The van der Waals surface area contributed by atoms with Crippen molar-refractivity contribution >= 4 is 11.6 Å². The van der Waals surface area contributed by atoms with Crippen LogP contribution in [-0.2, 0) is 4.79 Å². The predicted molar refractivity (Wildman–Crippen MR) is 106 cm³/mol. The summed E-state index contributed by atoms with van der Waals surface area (Å²) in [6.07, 6.45) is 4.92. The van der Waals surface area contributed by atoms with Crippen LogP contribution in [0.4, 0.5) is 5.69 Å². The Kier molecular flexibility index (Phi) is 6.78. The highest BCUT2D eigenvalue weighted by atomic mass is 16.5. The van der Waals surface area contributed by atoms with Gasteiger partial charge in [0.25, 0.3) is 0 Å². The number of rotatable bonds is 6. The molecule has 1 aliphatic carbocycles. The van der Waals surface area contributed by atoms with Crippen LogP contribution in [0.3, 0.4) is 0 Å². The number of anilines is 1. The van der Waals surface area contributed by atoms with E-state index in [0.29, 0.717) is 25.1 Å². The molecule has 1 heterocycles. The first-order valence-corrected chi connectivity index (χ1v) is 10.2. The number of hydrogen-bond donors (Lipinski definition) is 1. The third-order valence-corrected chi connectivity index (χ3v) is 5.70. The lowest BCUT2D eigenvalue weighted by Gasteiger charge is -2.37. The van der Waals surface area contributed by atoms with E-state index in [1.165, 1.54) is 19.3 Å². The van der Waals surface area contributed by atoms with E-state index < -0.39 is 0 Å². The van der Waals surface area contributed by atoms with Crippen molar-refractivity contribution in [3.63, 3.8) is 0 Å². The minimum Gasteiger partial charge on any atom is -0.492 e. The second-order valence-corrected chi connectivity index (χ2v) is 7.60. The van der Waals surface area contributed by atoms with E-state index in [9.17, 15) is 4.79 Å². The van der Waals surface area contributed by atoms with Crippen molar-refractivity contribution in [3.8, 4) is 5.75 Å². The predicted octanol–water partition coefficient (Wildman–Crippen LogP) is 2.90. The van der Waals surface area contributed by atoms with Crippen LogP contribution in [0, 0.1) is 5.92 Å². The smallest absolute Gasteiger partial charge is 0.234 e. The lowest BCUT2D eigenvalue weighted by molar-refractivity contribution is -0.123. The van der Waals surface area contributed by atoms with Crippen LogP contribution in [-0.4, -0.2) is 56.2 Å². The van der Waals surface area contributed by atoms with Crippen LogP contribution in [0.5, 0.6) is 5.75 Å². The molecule has 1 amide bonds. The van der Waals surface area contributed by atoms with Gasteiger partial charge < -0.3 is 15.0 Å². The van der Waals surface area contributed by atoms with Gasteiger partial charge in [0.1, 0.15) is 5.75 Å². The molecule has 2 aliphatic rings. The Balaban J connectivity index is 1.47. The standard InChI is InChI=1S/C21H33N3O2/c1-3-26-20-11-7-6-10-19(20)24-14-12-23(13-15-24)16-21(25)22-18-9-5-4-8-17(18)2/h6-7,10-11,17-18H,3-5,8-9,12-16H2,1-2H3,(H,22,25)/t17-,18-/m1/s1. The molecule has 2 atom stereocenters. The lowest BCUT2D eigenvalue weighted by atomic mass is 9.86. The first-order valence-electron chi connectivity index (χ1n) is 10.2. The molecule has 1 saturated heterocycles. The number of hydrogen-bond acceptors (Lipinski definition) is 4. The maximum atomic E-state index is 12.4. The Morgan fingerprint density at radius 2 is 1.88 bits per heavy atom. The topological polar surface area (TPSA) is 44.8 Å². The Bertz CT molecular complexity index is 584. The van der Waals surface area contributed by atoms with Crippen molar-refractivity contribution in [2.75, 3.05) is 44.2 Å². The van der Waals surface area contributed by atoms with E-state index in [1.807, 2.05) is 19.1 Å². The van der Waals surface area contributed by atoms with Crippen molar-refractivity contribution in [3.05, 3.63) is 24.3 Å². The molecule has 1 aliphatic heterocycles. The molecule has 0 aromatic heterocycles. The molecule has 26 heavy (non-hydrogen) atoms. The highest BCUT2D eigenvalue weighted by Gasteiger charge is 2.25. The number of benzene rings is 1. The maximum Gasteiger partial charge on any atom is 0.234 e. The van der Waals surface area contributed by atoms with E-state index in [-0.39, 0.29) is 5.91 Å². The minimum absolute atomic E-state index is 0.187. The van der Waals surface area contributed by atoms with Gasteiger partial charge in [0.05, 0.1) is 18.8 Å². The fourth-order valence-corrected chi connectivity index (χ4v) is 4.13. The second-order valence-electron chi connectivity index (χ2n) is 7.60. The summed E-state index contributed by atoms with van der Waals surface area (Å²) >= 11 is 0. The summed E-state index contributed by atoms with van der Waals surface area (Å²) < 4.78 is 5.76. The van der Waals surface area contributed by atoms with Gasteiger partial charge in [0.2, 0.25) is 5.91 Å². The van der Waals surface area contributed by atoms with Crippen molar-refractivity contribution < 1.29 is 9.53 Å². The fraction of sp³-hybridized carbons (Fsp3) is 0.667. The lowest BCUT2D eigenvalue weighted by Crippen LogP contribution is -2.51. The van der Waals surface area contributed by atoms with Crippen LogP contribution < -0.4 is 15.0 Å². The zero-order valence-corrected chi connectivity index (χ0v) is 16.2. The number of ether oxygens (including phenoxy) is 1. The third-order valence-electron chi connectivity index (χ3n) is 5.70. The molecule has 1 N–H and O–H groups in total. The molecule has 5 nitrogen and oxygen atoms in total. The summed E-state index contributed by atoms with van der Waals surface area (Å²) in [4.78, 5) is 17.1. The number of nitrogens with one attached hydrogen (secondary N) is 1. The molecule has 0 bridgehead atoms. The summed E-state index contributed by atoms with van der Waals surface area (Å²) in [5.74, 6) is 1.75. The van der Waals surface area contributed by atoms with Crippen molar-refractivity contribution in [1.29, 1.82) is 0 Å². The van der Waals surface area contributed by atoms with Gasteiger partial charge in [-0.25, -0.2) is 0 Å². The summed E-state index contributed by atoms with van der Waals surface area (Å²) in [6.45, 7) is 9.15. The van der Waals surface area contributed by atoms with Gasteiger partial charge in [-0.1, -0.05) is 31.9 Å². The van der Waals surface area contributed by atoms with Gasteiger partial charge in [-0.3, -0.25) is 9.69 Å². The molecular formula is C21H33N3O2. The molecule has 0 spiro atoms. The van der Waals surface area contributed by atoms with Gasteiger partial charge in [-0.15, -0.1) is 0 Å². The monoisotopic (exact) mass is 359 g/mol. The molecule has 1 aromatic rings. The Hall–Kier alpha value is -1.75. The second kappa shape index (κ2) is 9.26. The largest absolute Gasteiger partial charge is 0.492 e.